The predicted molar refractivity (Wildman–Crippen MR) is 81.9 cm³/mol. The van der Waals surface area contributed by atoms with Crippen molar-refractivity contribution < 1.29 is 9.84 Å². The maximum Gasteiger partial charge on any atom is 0.127 e. The predicted octanol–water partition coefficient (Wildman–Crippen LogP) is 4.45. The van der Waals surface area contributed by atoms with Gasteiger partial charge in [-0.3, -0.25) is 0 Å². The van der Waals surface area contributed by atoms with Crippen LogP contribution in [0.4, 0.5) is 0 Å². The lowest BCUT2D eigenvalue weighted by molar-refractivity contribution is 0.0720. The van der Waals surface area contributed by atoms with Gasteiger partial charge in [-0.05, 0) is 43.2 Å². The lowest BCUT2D eigenvalue weighted by Gasteiger charge is -2.26. The standard InChI is InChI=1S/C18H19NO2/c1-3-18(2,13-19)17(20)14-8-7-11-16(12-14)21-15-9-5-4-6-10-15/h4-12,17,20H,3H2,1-2H3. The summed E-state index contributed by atoms with van der Waals surface area (Å²) in [5.41, 5.74) is -0.111. The fourth-order valence-corrected chi connectivity index (χ4v) is 2.07. The fraction of sp³-hybridized carbons (Fsp3) is 0.278. The van der Waals surface area contributed by atoms with Crippen LogP contribution < -0.4 is 4.74 Å². The highest BCUT2D eigenvalue weighted by molar-refractivity contribution is 5.35. The van der Waals surface area contributed by atoms with Crippen molar-refractivity contribution in [3.63, 3.8) is 0 Å². The second kappa shape index (κ2) is 6.43. The molecule has 0 bridgehead atoms. The van der Waals surface area contributed by atoms with Crippen LogP contribution >= 0.6 is 0 Å². The van der Waals surface area contributed by atoms with Crippen molar-refractivity contribution in [2.24, 2.45) is 5.41 Å². The molecular weight excluding hydrogens is 262 g/mol. The second-order valence-corrected chi connectivity index (χ2v) is 5.27. The molecule has 2 aromatic rings. The van der Waals surface area contributed by atoms with Gasteiger partial charge in [0.05, 0.1) is 17.6 Å². The summed E-state index contributed by atoms with van der Waals surface area (Å²) in [6.07, 6.45) is -0.263. The quantitative estimate of drug-likeness (QED) is 0.880. The second-order valence-electron chi connectivity index (χ2n) is 5.27. The minimum absolute atomic E-state index is 0.578. The minimum Gasteiger partial charge on any atom is -0.457 e. The zero-order valence-corrected chi connectivity index (χ0v) is 12.3. The summed E-state index contributed by atoms with van der Waals surface area (Å²) in [7, 11) is 0. The van der Waals surface area contributed by atoms with E-state index in [2.05, 4.69) is 6.07 Å². The van der Waals surface area contributed by atoms with Crippen LogP contribution in [0.5, 0.6) is 11.5 Å². The molecule has 21 heavy (non-hydrogen) atoms. The van der Waals surface area contributed by atoms with Gasteiger partial charge in [-0.2, -0.15) is 5.26 Å². The molecule has 0 aliphatic heterocycles. The Morgan fingerprint density at radius 2 is 1.81 bits per heavy atom. The largest absolute Gasteiger partial charge is 0.457 e. The third kappa shape index (κ3) is 3.42. The average molecular weight is 281 g/mol. The Bertz CT molecular complexity index is 633. The molecule has 1 N–H and O–H groups in total. The lowest BCUT2D eigenvalue weighted by Crippen LogP contribution is -2.22. The molecule has 0 saturated carbocycles. The Hall–Kier alpha value is -2.31. The van der Waals surface area contributed by atoms with E-state index in [1.54, 1.807) is 13.0 Å². The molecule has 0 heterocycles. The summed E-state index contributed by atoms with van der Waals surface area (Å²) in [6, 6.07) is 18.9. The molecule has 0 spiro atoms. The van der Waals surface area contributed by atoms with E-state index < -0.39 is 11.5 Å². The van der Waals surface area contributed by atoms with E-state index in [-0.39, 0.29) is 0 Å². The number of ether oxygens (including phenoxy) is 1. The third-order valence-corrected chi connectivity index (χ3v) is 3.75. The first-order chi connectivity index (χ1) is 10.1. The van der Waals surface area contributed by atoms with Crippen LogP contribution in [0.3, 0.4) is 0 Å². The number of rotatable bonds is 5. The van der Waals surface area contributed by atoms with E-state index in [1.807, 2.05) is 55.5 Å². The molecule has 0 saturated heterocycles. The lowest BCUT2D eigenvalue weighted by atomic mass is 9.80. The average Bonchev–Trinajstić information content (AvgIpc) is 2.54. The van der Waals surface area contributed by atoms with E-state index in [9.17, 15) is 10.4 Å². The Kier molecular flexibility index (Phi) is 4.62. The summed E-state index contributed by atoms with van der Waals surface area (Å²) in [5.74, 6) is 1.39. The molecule has 0 aliphatic rings. The zero-order chi connectivity index (χ0) is 15.3. The van der Waals surface area contributed by atoms with Crippen LogP contribution in [0, 0.1) is 16.7 Å². The van der Waals surface area contributed by atoms with E-state index in [1.165, 1.54) is 0 Å². The van der Waals surface area contributed by atoms with Crippen molar-refractivity contribution >= 4 is 0 Å². The molecular formula is C18H19NO2. The van der Waals surface area contributed by atoms with Crippen molar-refractivity contribution in [3.8, 4) is 17.6 Å². The van der Waals surface area contributed by atoms with Gasteiger partial charge in [0.2, 0.25) is 0 Å². The highest BCUT2D eigenvalue weighted by Gasteiger charge is 2.32. The highest BCUT2D eigenvalue weighted by atomic mass is 16.5. The van der Waals surface area contributed by atoms with Gasteiger partial charge in [-0.25, -0.2) is 0 Å². The Morgan fingerprint density at radius 1 is 1.14 bits per heavy atom. The summed E-state index contributed by atoms with van der Waals surface area (Å²) in [4.78, 5) is 0. The SMILES string of the molecule is CCC(C)(C#N)C(O)c1cccc(Oc2ccccc2)c1. The minimum atomic E-state index is -0.841. The molecule has 2 unspecified atom stereocenters. The number of para-hydroxylation sites is 1. The van der Waals surface area contributed by atoms with Gasteiger partial charge in [0, 0.05) is 0 Å². The number of nitrogens with zero attached hydrogens (tertiary/aromatic N) is 1. The molecule has 2 aromatic carbocycles. The smallest absolute Gasteiger partial charge is 0.127 e. The van der Waals surface area contributed by atoms with Crippen molar-refractivity contribution in [2.75, 3.05) is 0 Å². The van der Waals surface area contributed by atoms with Gasteiger partial charge in [-0.15, -0.1) is 0 Å². The van der Waals surface area contributed by atoms with Gasteiger partial charge in [-0.1, -0.05) is 37.3 Å². The number of aliphatic hydroxyl groups excluding tert-OH is 1. The first-order valence-corrected chi connectivity index (χ1v) is 7.01. The summed E-state index contributed by atoms with van der Waals surface area (Å²) in [5, 5.41) is 19.7. The van der Waals surface area contributed by atoms with Gasteiger partial charge in [0.1, 0.15) is 11.5 Å². The molecule has 0 aromatic heterocycles. The van der Waals surface area contributed by atoms with Gasteiger partial charge < -0.3 is 9.84 Å². The third-order valence-electron chi connectivity index (χ3n) is 3.75. The van der Waals surface area contributed by atoms with Crippen molar-refractivity contribution in [1.29, 1.82) is 5.26 Å². The maximum atomic E-state index is 10.5. The van der Waals surface area contributed by atoms with Crippen LogP contribution in [-0.2, 0) is 0 Å². The van der Waals surface area contributed by atoms with Crippen molar-refractivity contribution in [3.05, 3.63) is 60.2 Å². The summed E-state index contributed by atoms with van der Waals surface area (Å²) in [6.45, 7) is 3.67. The Labute approximate surface area is 125 Å². The zero-order valence-electron chi connectivity index (χ0n) is 12.3. The molecule has 0 aliphatic carbocycles. The van der Waals surface area contributed by atoms with Crippen LogP contribution in [0.25, 0.3) is 0 Å². The normalized spacial score (nSPS) is 14.8. The van der Waals surface area contributed by atoms with E-state index in [4.69, 9.17) is 4.74 Å². The molecule has 0 amide bonds. The number of aliphatic hydroxyl groups is 1. The number of nitriles is 1. The first-order valence-electron chi connectivity index (χ1n) is 7.01. The summed E-state index contributed by atoms with van der Waals surface area (Å²) >= 11 is 0. The van der Waals surface area contributed by atoms with Gasteiger partial charge >= 0.3 is 0 Å². The summed E-state index contributed by atoms with van der Waals surface area (Å²) < 4.78 is 5.76. The van der Waals surface area contributed by atoms with Crippen LogP contribution in [0.15, 0.2) is 54.6 Å². The maximum absolute atomic E-state index is 10.5. The monoisotopic (exact) mass is 281 g/mol. The van der Waals surface area contributed by atoms with Crippen molar-refractivity contribution in [1.82, 2.24) is 0 Å². The van der Waals surface area contributed by atoms with Crippen molar-refractivity contribution in [2.45, 2.75) is 26.4 Å². The molecule has 2 atom stereocenters. The molecule has 3 heteroatoms. The number of hydrogen-bond donors (Lipinski definition) is 1. The van der Waals surface area contributed by atoms with Crippen LogP contribution in [-0.4, -0.2) is 5.11 Å². The van der Waals surface area contributed by atoms with Gasteiger partial charge in [0.15, 0.2) is 0 Å². The first kappa shape index (κ1) is 15.1. The molecule has 2 rings (SSSR count). The van der Waals surface area contributed by atoms with E-state index >= 15 is 0 Å². The molecule has 0 fully saturated rings. The molecule has 3 nitrogen and oxygen atoms in total. The van der Waals surface area contributed by atoms with E-state index in [0.717, 1.165) is 5.75 Å². The van der Waals surface area contributed by atoms with E-state index in [0.29, 0.717) is 17.7 Å². The molecule has 108 valence electrons. The highest BCUT2D eigenvalue weighted by Crippen LogP contribution is 2.37. The van der Waals surface area contributed by atoms with Crippen LogP contribution in [0.2, 0.25) is 0 Å². The Balaban J connectivity index is 2.24. The topological polar surface area (TPSA) is 53.2 Å². The molecule has 0 radical (unpaired) electrons. The Morgan fingerprint density at radius 3 is 2.43 bits per heavy atom. The fourth-order valence-electron chi connectivity index (χ4n) is 2.07. The number of hydrogen-bond acceptors (Lipinski definition) is 3. The van der Waals surface area contributed by atoms with Crippen LogP contribution in [0.1, 0.15) is 31.9 Å². The van der Waals surface area contributed by atoms with Gasteiger partial charge in [0.25, 0.3) is 0 Å². The number of benzene rings is 2.